The number of carbonyl (C=O) groups excluding carboxylic acids is 1. The molecule has 2 aromatic rings. The Bertz CT molecular complexity index is 854. The average Bonchev–Trinajstić information content (AvgIpc) is 2.87. The van der Waals surface area contributed by atoms with E-state index in [2.05, 4.69) is 5.32 Å². The topological polar surface area (TPSA) is 41.6 Å². The van der Waals surface area contributed by atoms with Crippen molar-refractivity contribution in [3.8, 4) is 5.75 Å². The van der Waals surface area contributed by atoms with Gasteiger partial charge in [-0.25, -0.2) is 0 Å². The molecule has 1 N–H and O–H groups in total. The smallest absolute Gasteiger partial charge is 0.267 e. The van der Waals surface area contributed by atoms with E-state index in [1.54, 1.807) is 25.3 Å². The summed E-state index contributed by atoms with van der Waals surface area (Å²) in [5.41, 5.74) is 1.67. The molecule has 0 unspecified atom stereocenters. The highest BCUT2D eigenvalue weighted by Gasteiger charge is 2.31. The Balaban J connectivity index is 1.75. The van der Waals surface area contributed by atoms with Gasteiger partial charge in [-0.3, -0.25) is 9.69 Å². The first-order chi connectivity index (χ1) is 12.1. The minimum Gasteiger partial charge on any atom is -0.496 e. The molecular weight excluding hydrogens is 376 g/mol. The van der Waals surface area contributed by atoms with Crippen molar-refractivity contribution in [2.24, 2.45) is 0 Å². The molecule has 25 heavy (non-hydrogen) atoms. The predicted octanol–water partition coefficient (Wildman–Crippen LogP) is 4.62. The van der Waals surface area contributed by atoms with Crippen LogP contribution in [0.3, 0.4) is 0 Å². The normalized spacial score (nSPS) is 15.8. The summed E-state index contributed by atoms with van der Waals surface area (Å²) in [5, 5.41) is 3.79. The van der Waals surface area contributed by atoms with Gasteiger partial charge in [-0.15, -0.1) is 0 Å². The minimum atomic E-state index is -0.129. The van der Waals surface area contributed by atoms with Crippen molar-refractivity contribution >= 4 is 57.6 Å². The summed E-state index contributed by atoms with van der Waals surface area (Å²) >= 11 is 12.6. The van der Waals surface area contributed by atoms with E-state index in [1.165, 1.54) is 16.7 Å². The summed E-state index contributed by atoms with van der Waals surface area (Å²) in [6.07, 6.45) is 1.80. The van der Waals surface area contributed by atoms with Gasteiger partial charge in [0.2, 0.25) is 0 Å². The maximum absolute atomic E-state index is 12.7. The number of benzene rings is 2. The molecule has 128 valence electrons. The number of nitrogens with zero attached hydrogens (tertiary/aromatic N) is 1. The number of anilines is 1. The third-order valence-electron chi connectivity index (χ3n) is 3.57. The molecule has 1 amide bonds. The number of hydrogen-bond acceptors (Lipinski definition) is 5. The highest BCUT2D eigenvalue weighted by molar-refractivity contribution is 8.26. The maximum atomic E-state index is 12.7. The molecule has 1 saturated heterocycles. The van der Waals surface area contributed by atoms with E-state index in [-0.39, 0.29) is 12.6 Å². The first kappa shape index (κ1) is 17.8. The SMILES string of the molecule is COc1ccccc1/C=C1/SC(=S)N(CNc2cccc(Cl)c2)C1=O. The second-order valence-electron chi connectivity index (χ2n) is 5.20. The number of amides is 1. The van der Waals surface area contributed by atoms with Crippen molar-refractivity contribution in [2.75, 3.05) is 19.1 Å². The third-order valence-corrected chi connectivity index (χ3v) is 5.18. The summed E-state index contributed by atoms with van der Waals surface area (Å²) in [7, 11) is 1.60. The van der Waals surface area contributed by atoms with E-state index >= 15 is 0 Å². The van der Waals surface area contributed by atoms with E-state index < -0.39 is 0 Å². The second kappa shape index (κ2) is 7.91. The fourth-order valence-electron chi connectivity index (χ4n) is 2.33. The number of rotatable bonds is 5. The van der Waals surface area contributed by atoms with Crippen molar-refractivity contribution in [3.63, 3.8) is 0 Å². The Morgan fingerprint density at radius 3 is 2.84 bits per heavy atom. The van der Waals surface area contributed by atoms with Crippen LogP contribution >= 0.6 is 35.6 Å². The van der Waals surface area contributed by atoms with Crippen LogP contribution in [0.1, 0.15) is 5.56 Å². The van der Waals surface area contributed by atoms with E-state index in [0.29, 0.717) is 20.0 Å². The van der Waals surface area contributed by atoms with Crippen molar-refractivity contribution in [1.82, 2.24) is 4.90 Å². The number of thioether (sulfide) groups is 1. The monoisotopic (exact) mass is 390 g/mol. The molecule has 0 aromatic heterocycles. The second-order valence-corrected chi connectivity index (χ2v) is 7.31. The van der Waals surface area contributed by atoms with Crippen LogP contribution in [0.25, 0.3) is 6.08 Å². The van der Waals surface area contributed by atoms with Gasteiger partial charge in [-0.05, 0) is 30.3 Å². The van der Waals surface area contributed by atoms with E-state index in [1.807, 2.05) is 36.4 Å². The van der Waals surface area contributed by atoms with E-state index in [0.717, 1.165) is 11.3 Å². The standard InChI is InChI=1S/C18H15ClN2O2S2/c1-23-15-8-3-2-5-12(15)9-16-17(22)21(18(24)25-16)11-20-14-7-4-6-13(19)10-14/h2-10,20H,11H2,1H3/b16-9+. The molecular formula is C18H15ClN2O2S2. The van der Waals surface area contributed by atoms with Gasteiger partial charge in [-0.1, -0.05) is 59.8 Å². The number of carbonyl (C=O) groups is 1. The largest absolute Gasteiger partial charge is 0.496 e. The van der Waals surface area contributed by atoms with Crippen LogP contribution in [-0.4, -0.2) is 28.9 Å². The highest BCUT2D eigenvalue weighted by atomic mass is 35.5. The molecule has 4 nitrogen and oxygen atoms in total. The molecule has 0 spiro atoms. The highest BCUT2D eigenvalue weighted by Crippen LogP contribution is 2.34. The Hall–Kier alpha value is -2.02. The number of nitrogens with one attached hydrogen (secondary N) is 1. The Morgan fingerprint density at radius 1 is 1.28 bits per heavy atom. The van der Waals surface area contributed by atoms with Crippen LogP contribution in [0, 0.1) is 0 Å². The van der Waals surface area contributed by atoms with Gasteiger partial charge >= 0.3 is 0 Å². The van der Waals surface area contributed by atoms with Gasteiger partial charge in [0.25, 0.3) is 5.91 Å². The van der Waals surface area contributed by atoms with Gasteiger partial charge in [0.1, 0.15) is 10.1 Å². The zero-order valence-corrected chi connectivity index (χ0v) is 15.8. The molecule has 0 aliphatic carbocycles. The van der Waals surface area contributed by atoms with Gasteiger partial charge in [0.05, 0.1) is 18.7 Å². The lowest BCUT2D eigenvalue weighted by Gasteiger charge is -2.16. The van der Waals surface area contributed by atoms with Crippen LogP contribution in [0.2, 0.25) is 5.02 Å². The molecule has 0 bridgehead atoms. The molecule has 0 saturated carbocycles. The Morgan fingerprint density at radius 2 is 2.08 bits per heavy atom. The molecule has 0 atom stereocenters. The fraction of sp³-hybridized carbons (Fsp3) is 0.111. The summed E-state index contributed by atoms with van der Waals surface area (Å²) in [6.45, 7) is 0.286. The van der Waals surface area contributed by atoms with Gasteiger partial charge in [-0.2, -0.15) is 0 Å². The molecule has 3 rings (SSSR count). The summed E-state index contributed by atoms with van der Waals surface area (Å²) < 4.78 is 5.84. The minimum absolute atomic E-state index is 0.129. The molecule has 7 heteroatoms. The van der Waals surface area contributed by atoms with Crippen LogP contribution in [-0.2, 0) is 4.79 Å². The van der Waals surface area contributed by atoms with Crippen molar-refractivity contribution < 1.29 is 9.53 Å². The quantitative estimate of drug-likeness (QED) is 0.596. The van der Waals surface area contributed by atoms with Crippen molar-refractivity contribution in [2.45, 2.75) is 0 Å². The number of halogens is 1. The average molecular weight is 391 g/mol. The molecule has 0 radical (unpaired) electrons. The summed E-state index contributed by atoms with van der Waals surface area (Å²) in [5.74, 6) is 0.584. The number of hydrogen-bond donors (Lipinski definition) is 1. The first-order valence-electron chi connectivity index (χ1n) is 7.46. The van der Waals surface area contributed by atoms with Gasteiger partial charge < -0.3 is 10.1 Å². The molecule has 1 heterocycles. The lowest BCUT2D eigenvalue weighted by molar-refractivity contribution is -0.121. The number of methoxy groups -OCH3 is 1. The number of thiocarbonyl (C=S) groups is 1. The maximum Gasteiger partial charge on any atom is 0.267 e. The summed E-state index contributed by atoms with van der Waals surface area (Å²) in [6, 6.07) is 14.9. The molecule has 2 aromatic carbocycles. The van der Waals surface area contributed by atoms with Gasteiger partial charge in [0.15, 0.2) is 0 Å². The van der Waals surface area contributed by atoms with Crippen LogP contribution in [0.4, 0.5) is 5.69 Å². The van der Waals surface area contributed by atoms with E-state index in [9.17, 15) is 4.79 Å². The molecule has 1 aliphatic heterocycles. The lowest BCUT2D eigenvalue weighted by Crippen LogP contribution is -2.33. The van der Waals surface area contributed by atoms with Crippen molar-refractivity contribution in [3.05, 3.63) is 64.0 Å². The summed E-state index contributed by atoms with van der Waals surface area (Å²) in [4.78, 5) is 14.8. The molecule has 1 aliphatic rings. The lowest BCUT2D eigenvalue weighted by atomic mass is 10.2. The zero-order valence-electron chi connectivity index (χ0n) is 13.4. The Kier molecular flexibility index (Phi) is 5.63. The van der Waals surface area contributed by atoms with E-state index in [4.69, 9.17) is 28.6 Å². The third kappa shape index (κ3) is 4.15. The van der Waals surface area contributed by atoms with Crippen LogP contribution < -0.4 is 10.1 Å². The van der Waals surface area contributed by atoms with Crippen molar-refractivity contribution in [1.29, 1.82) is 0 Å². The zero-order chi connectivity index (χ0) is 17.8. The van der Waals surface area contributed by atoms with Gasteiger partial charge in [0, 0.05) is 16.3 Å². The molecule has 1 fully saturated rings. The number of para-hydroxylation sites is 1. The Labute approximate surface area is 160 Å². The number of ether oxygens (including phenoxy) is 1. The predicted molar refractivity (Wildman–Crippen MR) is 108 cm³/mol. The van der Waals surface area contributed by atoms with Crippen LogP contribution in [0.5, 0.6) is 5.75 Å². The first-order valence-corrected chi connectivity index (χ1v) is 9.06. The van der Waals surface area contributed by atoms with Crippen LogP contribution in [0.15, 0.2) is 53.4 Å². The fourth-order valence-corrected chi connectivity index (χ4v) is 3.77.